The van der Waals surface area contributed by atoms with Crippen LogP contribution in [0.4, 0.5) is 0 Å². The first-order chi connectivity index (χ1) is 11.5. The molecule has 1 aromatic carbocycles. The molecule has 0 unspecified atom stereocenters. The Morgan fingerprint density at radius 1 is 1.29 bits per heavy atom. The van der Waals surface area contributed by atoms with Crippen LogP contribution in [0.3, 0.4) is 0 Å². The summed E-state index contributed by atoms with van der Waals surface area (Å²) < 4.78 is 0. The number of amides is 2. The average Bonchev–Trinajstić information content (AvgIpc) is 2.61. The van der Waals surface area contributed by atoms with Gasteiger partial charge in [0.15, 0.2) is 0 Å². The predicted octanol–water partition coefficient (Wildman–Crippen LogP) is 2.46. The Balaban J connectivity index is 2.07. The summed E-state index contributed by atoms with van der Waals surface area (Å²) in [6.07, 6.45) is 2.77. The summed E-state index contributed by atoms with van der Waals surface area (Å²) in [6, 6.07) is 11.4. The van der Waals surface area contributed by atoms with E-state index in [-0.39, 0.29) is 18.4 Å². The van der Waals surface area contributed by atoms with Gasteiger partial charge in [0.1, 0.15) is 0 Å². The van der Waals surface area contributed by atoms with Gasteiger partial charge in [-0.05, 0) is 36.3 Å². The van der Waals surface area contributed by atoms with Crippen LogP contribution in [0.25, 0.3) is 0 Å². The van der Waals surface area contributed by atoms with Crippen molar-refractivity contribution in [1.82, 2.24) is 15.2 Å². The molecule has 5 heteroatoms. The second-order valence-electron chi connectivity index (χ2n) is 5.55. The Kier molecular flexibility index (Phi) is 5.84. The molecular weight excluding hydrogens is 302 g/mol. The van der Waals surface area contributed by atoms with Crippen LogP contribution in [-0.2, 0) is 17.9 Å². The van der Waals surface area contributed by atoms with Crippen molar-refractivity contribution in [3.05, 3.63) is 77.6 Å². The van der Waals surface area contributed by atoms with E-state index < -0.39 is 0 Å². The fourth-order valence-electron chi connectivity index (χ4n) is 2.29. The van der Waals surface area contributed by atoms with Crippen molar-refractivity contribution in [2.75, 3.05) is 7.05 Å². The van der Waals surface area contributed by atoms with Crippen LogP contribution >= 0.6 is 0 Å². The standard InChI is InChI=1S/C19H21N3O2/c1-4-18(23)21-12-17-11-15(9-10-20-17)19(24)22(3)13-16-8-6-5-7-14(16)2/h4-11H,1,12-13H2,2-3H3,(H,21,23). The Morgan fingerprint density at radius 2 is 2.04 bits per heavy atom. The Bertz CT molecular complexity index is 756. The number of nitrogens with one attached hydrogen (secondary N) is 1. The Labute approximate surface area is 142 Å². The van der Waals surface area contributed by atoms with Gasteiger partial charge < -0.3 is 10.2 Å². The Hall–Kier alpha value is -2.95. The third kappa shape index (κ3) is 4.52. The number of hydrogen-bond donors (Lipinski definition) is 1. The molecule has 1 aromatic heterocycles. The van der Waals surface area contributed by atoms with Gasteiger partial charge in [-0.15, -0.1) is 0 Å². The topological polar surface area (TPSA) is 62.3 Å². The number of rotatable bonds is 6. The van der Waals surface area contributed by atoms with Crippen molar-refractivity contribution < 1.29 is 9.59 Å². The molecule has 0 saturated carbocycles. The Morgan fingerprint density at radius 3 is 2.75 bits per heavy atom. The van der Waals surface area contributed by atoms with E-state index in [1.165, 1.54) is 6.08 Å². The molecule has 2 amide bonds. The molecule has 0 saturated heterocycles. The van der Waals surface area contributed by atoms with Crippen LogP contribution in [0.1, 0.15) is 27.2 Å². The van der Waals surface area contributed by atoms with E-state index in [0.717, 1.165) is 11.1 Å². The molecule has 0 aliphatic rings. The lowest BCUT2D eigenvalue weighted by Gasteiger charge is -2.19. The summed E-state index contributed by atoms with van der Waals surface area (Å²) in [5, 5.41) is 2.65. The number of nitrogens with zero attached hydrogens (tertiary/aromatic N) is 2. The van der Waals surface area contributed by atoms with Crippen LogP contribution in [0.5, 0.6) is 0 Å². The SMILES string of the molecule is C=CC(=O)NCc1cc(C(=O)N(C)Cc2ccccc2C)ccn1. The van der Waals surface area contributed by atoms with Crippen LogP contribution in [0.15, 0.2) is 55.3 Å². The molecule has 2 aromatic rings. The lowest BCUT2D eigenvalue weighted by Crippen LogP contribution is -2.27. The number of aryl methyl sites for hydroxylation is 1. The monoisotopic (exact) mass is 323 g/mol. The van der Waals surface area contributed by atoms with E-state index >= 15 is 0 Å². The summed E-state index contributed by atoms with van der Waals surface area (Å²) in [7, 11) is 1.77. The molecule has 5 nitrogen and oxygen atoms in total. The second-order valence-corrected chi connectivity index (χ2v) is 5.55. The van der Waals surface area contributed by atoms with Crippen molar-refractivity contribution >= 4 is 11.8 Å². The van der Waals surface area contributed by atoms with Crippen LogP contribution < -0.4 is 5.32 Å². The van der Waals surface area contributed by atoms with Gasteiger partial charge in [-0.3, -0.25) is 14.6 Å². The van der Waals surface area contributed by atoms with Gasteiger partial charge in [0.05, 0.1) is 12.2 Å². The van der Waals surface area contributed by atoms with Crippen LogP contribution in [0.2, 0.25) is 0 Å². The average molecular weight is 323 g/mol. The molecule has 1 heterocycles. The number of hydrogen-bond acceptors (Lipinski definition) is 3. The minimum absolute atomic E-state index is 0.0862. The molecule has 1 N–H and O–H groups in total. The number of benzene rings is 1. The highest BCUT2D eigenvalue weighted by atomic mass is 16.2. The van der Waals surface area contributed by atoms with Crippen molar-refractivity contribution in [2.45, 2.75) is 20.0 Å². The lowest BCUT2D eigenvalue weighted by molar-refractivity contribution is -0.116. The maximum Gasteiger partial charge on any atom is 0.254 e. The summed E-state index contributed by atoms with van der Waals surface area (Å²) in [5.74, 6) is -0.359. The van der Waals surface area contributed by atoms with Gasteiger partial charge in [-0.1, -0.05) is 30.8 Å². The minimum Gasteiger partial charge on any atom is -0.347 e. The van der Waals surface area contributed by atoms with Gasteiger partial charge in [-0.2, -0.15) is 0 Å². The normalized spacial score (nSPS) is 10.1. The maximum atomic E-state index is 12.6. The largest absolute Gasteiger partial charge is 0.347 e. The van der Waals surface area contributed by atoms with E-state index in [0.29, 0.717) is 17.8 Å². The lowest BCUT2D eigenvalue weighted by atomic mass is 10.1. The predicted molar refractivity (Wildman–Crippen MR) is 93.3 cm³/mol. The third-order valence-corrected chi connectivity index (χ3v) is 3.71. The smallest absolute Gasteiger partial charge is 0.254 e. The quantitative estimate of drug-likeness (QED) is 0.831. The summed E-state index contributed by atoms with van der Waals surface area (Å²) >= 11 is 0. The molecule has 0 atom stereocenters. The van der Waals surface area contributed by atoms with Crippen LogP contribution in [0, 0.1) is 6.92 Å². The molecule has 0 radical (unpaired) electrons. The van der Waals surface area contributed by atoms with E-state index in [2.05, 4.69) is 16.9 Å². The van der Waals surface area contributed by atoms with E-state index in [1.807, 2.05) is 31.2 Å². The summed E-state index contributed by atoms with van der Waals surface area (Å²) in [6.45, 7) is 6.22. The highest BCUT2D eigenvalue weighted by Crippen LogP contribution is 2.12. The number of pyridine rings is 1. The molecule has 0 aliphatic carbocycles. The molecule has 0 aliphatic heterocycles. The van der Waals surface area contributed by atoms with Gasteiger partial charge in [0.25, 0.3) is 5.91 Å². The fraction of sp³-hybridized carbons (Fsp3) is 0.211. The summed E-state index contributed by atoms with van der Waals surface area (Å²) in [5.41, 5.74) is 3.44. The number of carbonyl (C=O) groups excluding carboxylic acids is 2. The van der Waals surface area contributed by atoms with Crippen molar-refractivity contribution in [3.63, 3.8) is 0 Å². The molecule has 0 bridgehead atoms. The molecule has 124 valence electrons. The van der Waals surface area contributed by atoms with E-state index in [4.69, 9.17) is 0 Å². The first kappa shape index (κ1) is 17.4. The first-order valence-electron chi connectivity index (χ1n) is 7.66. The molecule has 0 fully saturated rings. The highest BCUT2D eigenvalue weighted by molar-refractivity contribution is 5.94. The van der Waals surface area contributed by atoms with E-state index in [9.17, 15) is 9.59 Å². The molecule has 2 rings (SSSR count). The second kappa shape index (κ2) is 8.06. The van der Waals surface area contributed by atoms with Crippen molar-refractivity contribution in [3.8, 4) is 0 Å². The third-order valence-electron chi connectivity index (χ3n) is 3.71. The fourth-order valence-corrected chi connectivity index (χ4v) is 2.29. The number of carbonyl (C=O) groups is 2. The van der Waals surface area contributed by atoms with Gasteiger partial charge in [-0.25, -0.2) is 0 Å². The number of aromatic nitrogens is 1. The summed E-state index contributed by atoms with van der Waals surface area (Å²) in [4.78, 5) is 29.7. The zero-order valence-electron chi connectivity index (χ0n) is 14.0. The minimum atomic E-state index is -0.273. The van der Waals surface area contributed by atoms with E-state index in [1.54, 1.807) is 30.3 Å². The van der Waals surface area contributed by atoms with Crippen molar-refractivity contribution in [2.24, 2.45) is 0 Å². The zero-order chi connectivity index (χ0) is 17.5. The molecular formula is C19H21N3O2. The molecule has 0 spiro atoms. The zero-order valence-corrected chi connectivity index (χ0v) is 14.0. The highest BCUT2D eigenvalue weighted by Gasteiger charge is 2.13. The first-order valence-corrected chi connectivity index (χ1v) is 7.66. The van der Waals surface area contributed by atoms with Gasteiger partial charge >= 0.3 is 0 Å². The van der Waals surface area contributed by atoms with Crippen molar-refractivity contribution in [1.29, 1.82) is 0 Å². The maximum absolute atomic E-state index is 12.6. The van der Waals surface area contributed by atoms with Gasteiger partial charge in [0, 0.05) is 25.4 Å². The van der Waals surface area contributed by atoms with Crippen LogP contribution in [-0.4, -0.2) is 28.7 Å². The molecule has 24 heavy (non-hydrogen) atoms. The van der Waals surface area contributed by atoms with Gasteiger partial charge in [0.2, 0.25) is 5.91 Å².